The predicted molar refractivity (Wildman–Crippen MR) is 115 cm³/mol. The minimum Gasteiger partial charge on any atom is -0.497 e. The van der Waals surface area contributed by atoms with E-state index in [0.717, 1.165) is 56.9 Å². The molecule has 0 saturated carbocycles. The van der Waals surface area contributed by atoms with Crippen molar-refractivity contribution in [1.82, 2.24) is 4.90 Å². The summed E-state index contributed by atoms with van der Waals surface area (Å²) in [6.07, 6.45) is 3.92. The molecule has 0 aromatic heterocycles. The number of benzene rings is 2. The van der Waals surface area contributed by atoms with Crippen LogP contribution in [0.15, 0.2) is 54.6 Å². The summed E-state index contributed by atoms with van der Waals surface area (Å²) in [5, 5.41) is 0. The van der Waals surface area contributed by atoms with Crippen molar-refractivity contribution in [3.05, 3.63) is 60.2 Å². The summed E-state index contributed by atoms with van der Waals surface area (Å²) in [7, 11) is 1.66. The van der Waals surface area contributed by atoms with E-state index in [1.54, 1.807) is 7.11 Å². The molecule has 1 fully saturated rings. The number of piperidine rings is 1. The molecule has 0 bridgehead atoms. The molecule has 1 heterocycles. The highest BCUT2D eigenvalue weighted by Gasteiger charge is 2.24. The number of likely N-dealkylation sites (tertiary alicyclic amines) is 1. The van der Waals surface area contributed by atoms with Crippen LogP contribution in [0.5, 0.6) is 5.75 Å². The molecular weight excluding hydrogens is 348 g/mol. The quantitative estimate of drug-likeness (QED) is 0.681. The summed E-state index contributed by atoms with van der Waals surface area (Å²) in [6, 6.07) is 18.5. The first-order chi connectivity index (χ1) is 13.7. The second-order valence-electron chi connectivity index (χ2n) is 7.58. The van der Waals surface area contributed by atoms with Gasteiger partial charge in [0.2, 0.25) is 5.91 Å². The average Bonchev–Trinajstić information content (AvgIpc) is 2.77. The van der Waals surface area contributed by atoms with Crippen LogP contribution >= 0.6 is 0 Å². The molecule has 28 heavy (non-hydrogen) atoms. The van der Waals surface area contributed by atoms with Gasteiger partial charge in [-0.05, 0) is 56.0 Å². The van der Waals surface area contributed by atoms with E-state index in [4.69, 9.17) is 4.74 Å². The fraction of sp³-hybridized carbons (Fsp3) is 0.458. The van der Waals surface area contributed by atoms with Gasteiger partial charge in [0.1, 0.15) is 5.75 Å². The second kappa shape index (κ2) is 10.3. The molecule has 1 amide bonds. The largest absolute Gasteiger partial charge is 0.497 e. The number of hydrogen-bond donors (Lipinski definition) is 0. The van der Waals surface area contributed by atoms with E-state index in [9.17, 15) is 4.79 Å². The molecule has 4 nitrogen and oxygen atoms in total. The minimum atomic E-state index is 0.180. The summed E-state index contributed by atoms with van der Waals surface area (Å²) < 4.78 is 5.34. The number of amides is 1. The Morgan fingerprint density at radius 3 is 2.54 bits per heavy atom. The van der Waals surface area contributed by atoms with Crippen LogP contribution in [0, 0.1) is 5.92 Å². The number of rotatable bonds is 8. The fourth-order valence-corrected chi connectivity index (χ4v) is 3.90. The molecule has 0 aliphatic carbocycles. The van der Waals surface area contributed by atoms with Crippen LogP contribution in [-0.4, -0.2) is 44.1 Å². The Labute approximate surface area is 169 Å². The third-order valence-corrected chi connectivity index (χ3v) is 5.68. The number of carbonyl (C=O) groups excluding carboxylic acids is 1. The summed E-state index contributed by atoms with van der Waals surface area (Å²) in [5.41, 5.74) is 2.35. The predicted octanol–water partition coefficient (Wildman–Crippen LogP) is 4.39. The number of nitrogens with zero attached hydrogens (tertiary/aromatic N) is 2. The normalized spacial score (nSPS) is 15.4. The third-order valence-electron chi connectivity index (χ3n) is 5.68. The Bertz CT molecular complexity index is 739. The van der Waals surface area contributed by atoms with Crippen molar-refractivity contribution in [3.63, 3.8) is 0 Å². The van der Waals surface area contributed by atoms with Gasteiger partial charge < -0.3 is 14.5 Å². The van der Waals surface area contributed by atoms with Gasteiger partial charge in [-0.25, -0.2) is 0 Å². The molecule has 0 unspecified atom stereocenters. The first-order valence-electron chi connectivity index (χ1n) is 10.4. The zero-order chi connectivity index (χ0) is 19.8. The highest BCUT2D eigenvalue weighted by atomic mass is 16.5. The van der Waals surface area contributed by atoms with Crippen molar-refractivity contribution in [3.8, 4) is 5.75 Å². The SMILES string of the molecule is CCC(=O)N(CC1CCN(CCc2ccccc2)CC1)c1cccc(OC)c1. The lowest BCUT2D eigenvalue weighted by Gasteiger charge is -2.35. The second-order valence-corrected chi connectivity index (χ2v) is 7.58. The zero-order valence-electron chi connectivity index (χ0n) is 17.1. The van der Waals surface area contributed by atoms with Crippen LogP contribution in [-0.2, 0) is 11.2 Å². The molecule has 0 radical (unpaired) electrons. The van der Waals surface area contributed by atoms with Crippen LogP contribution in [0.1, 0.15) is 31.7 Å². The van der Waals surface area contributed by atoms with E-state index in [-0.39, 0.29) is 5.91 Å². The van der Waals surface area contributed by atoms with Gasteiger partial charge in [-0.1, -0.05) is 43.3 Å². The maximum Gasteiger partial charge on any atom is 0.226 e. The van der Waals surface area contributed by atoms with E-state index in [1.807, 2.05) is 36.1 Å². The molecule has 1 aliphatic rings. The summed E-state index contributed by atoms with van der Waals surface area (Å²) in [4.78, 5) is 17.1. The summed E-state index contributed by atoms with van der Waals surface area (Å²) >= 11 is 0. The third kappa shape index (κ3) is 5.59. The molecule has 0 spiro atoms. The number of ether oxygens (including phenoxy) is 1. The van der Waals surface area contributed by atoms with E-state index in [2.05, 4.69) is 35.2 Å². The zero-order valence-corrected chi connectivity index (χ0v) is 17.1. The Morgan fingerprint density at radius 1 is 1.11 bits per heavy atom. The highest BCUT2D eigenvalue weighted by molar-refractivity contribution is 5.93. The standard InChI is InChI=1S/C24H32N2O2/c1-3-24(27)26(22-10-7-11-23(18-22)28-2)19-21-13-16-25(17-14-21)15-12-20-8-5-4-6-9-20/h4-11,18,21H,3,12-17,19H2,1-2H3. The summed E-state index contributed by atoms with van der Waals surface area (Å²) in [5.74, 6) is 1.52. The van der Waals surface area contributed by atoms with Crippen LogP contribution in [0.4, 0.5) is 5.69 Å². The van der Waals surface area contributed by atoms with Gasteiger partial charge in [-0.15, -0.1) is 0 Å². The molecule has 3 rings (SSSR count). The Kier molecular flexibility index (Phi) is 7.49. The van der Waals surface area contributed by atoms with Gasteiger partial charge in [0.05, 0.1) is 7.11 Å². The van der Waals surface area contributed by atoms with E-state index < -0.39 is 0 Å². The first kappa shape index (κ1) is 20.4. The minimum absolute atomic E-state index is 0.180. The number of hydrogen-bond acceptors (Lipinski definition) is 3. The maximum atomic E-state index is 12.6. The average molecular weight is 381 g/mol. The van der Waals surface area contributed by atoms with E-state index >= 15 is 0 Å². The molecule has 1 aliphatic heterocycles. The van der Waals surface area contributed by atoms with E-state index in [1.165, 1.54) is 5.56 Å². The van der Waals surface area contributed by atoms with Crippen LogP contribution < -0.4 is 9.64 Å². The Morgan fingerprint density at radius 2 is 1.86 bits per heavy atom. The summed E-state index contributed by atoms with van der Waals surface area (Å²) in [6.45, 7) is 6.08. The van der Waals surface area contributed by atoms with Crippen molar-refractivity contribution in [1.29, 1.82) is 0 Å². The van der Waals surface area contributed by atoms with Crippen LogP contribution in [0.25, 0.3) is 0 Å². The van der Waals surface area contributed by atoms with Crippen molar-refractivity contribution < 1.29 is 9.53 Å². The van der Waals surface area contributed by atoms with Gasteiger partial charge in [0.15, 0.2) is 0 Å². The van der Waals surface area contributed by atoms with Crippen molar-refractivity contribution in [2.24, 2.45) is 5.92 Å². The molecule has 150 valence electrons. The molecule has 0 N–H and O–H groups in total. The Balaban J connectivity index is 1.54. The van der Waals surface area contributed by atoms with Gasteiger partial charge in [-0.3, -0.25) is 4.79 Å². The molecule has 2 aromatic carbocycles. The lowest BCUT2D eigenvalue weighted by Crippen LogP contribution is -2.41. The molecule has 4 heteroatoms. The first-order valence-corrected chi connectivity index (χ1v) is 10.4. The lowest BCUT2D eigenvalue weighted by molar-refractivity contribution is -0.118. The van der Waals surface area contributed by atoms with Crippen LogP contribution in [0.2, 0.25) is 0 Å². The van der Waals surface area contributed by atoms with Crippen molar-refractivity contribution >= 4 is 11.6 Å². The number of carbonyl (C=O) groups is 1. The number of anilines is 1. The Hall–Kier alpha value is -2.33. The smallest absolute Gasteiger partial charge is 0.226 e. The topological polar surface area (TPSA) is 32.8 Å². The molecule has 0 atom stereocenters. The van der Waals surface area contributed by atoms with Crippen LogP contribution in [0.3, 0.4) is 0 Å². The molecular formula is C24H32N2O2. The monoisotopic (exact) mass is 380 g/mol. The fourth-order valence-electron chi connectivity index (χ4n) is 3.90. The van der Waals surface area contributed by atoms with Crippen molar-refractivity contribution in [2.75, 3.05) is 38.2 Å². The van der Waals surface area contributed by atoms with Gasteiger partial charge in [0.25, 0.3) is 0 Å². The number of methoxy groups -OCH3 is 1. The van der Waals surface area contributed by atoms with Gasteiger partial charge in [0, 0.05) is 31.3 Å². The maximum absolute atomic E-state index is 12.6. The van der Waals surface area contributed by atoms with Gasteiger partial charge in [-0.2, -0.15) is 0 Å². The highest BCUT2D eigenvalue weighted by Crippen LogP contribution is 2.26. The molecule has 2 aromatic rings. The van der Waals surface area contributed by atoms with Gasteiger partial charge >= 0.3 is 0 Å². The molecule has 1 saturated heterocycles. The van der Waals surface area contributed by atoms with E-state index in [0.29, 0.717) is 12.3 Å². The lowest BCUT2D eigenvalue weighted by atomic mass is 9.95. The van der Waals surface area contributed by atoms with Crippen molar-refractivity contribution in [2.45, 2.75) is 32.6 Å².